The molecule has 1 aromatic rings. The Morgan fingerprint density at radius 2 is 2.04 bits per heavy atom. The average Bonchev–Trinajstić information content (AvgIpc) is 2.42. The number of nitro benzene ring substituents is 1. The Hall–Kier alpha value is -2.10. The summed E-state index contributed by atoms with van der Waals surface area (Å²) in [7, 11) is 0. The summed E-state index contributed by atoms with van der Waals surface area (Å²) in [6, 6.07) is 3.29. The number of nitrogens with zero attached hydrogens (tertiary/aromatic N) is 1. The number of thiocarbonyl (C=S) groups is 1. The molecule has 0 saturated heterocycles. The molecule has 1 rings (SSSR count). The van der Waals surface area contributed by atoms with Gasteiger partial charge in [-0.05, 0) is 18.1 Å². The van der Waals surface area contributed by atoms with Gasteiger partial charge in [0.2, 0.25) is 0 Å². The van der Waals surface area contributed by atoms with E-state index in [0.717, 1.165) is 12.1 Å². The first-order chi connectivity index (χ1) is 10.6. The average molecular weight is 351 g/mol. The molecular weight excluding hydrogens is 335 g/mol. The van der Waals surface area contributed by atoms with Crippen molar-refractivity contribution in [2.75, 3.05) is 18.5 Å². The fraction of sp³-hybridized carbons (Fsp3) is 0.462. The van der Waals surface area contributed by atoms with Gasteiger partial charge in [0.05, 0.1) is 16.7 Å². The number of ether oxygens (including phenoxy) is 1. The lowest BCUT2D eigenvalue weighted by atomic mass is 10.2. The monoisotopic (exact) mass is 351 g/mol. The van der Waals surface area contributed by atoms with E-state index in [9.17, 15) is 23.3 Å². The summed E-state index contributed by atoms with van der Waals surface area (Å²) in [4.78, 5) is 10.1. The summed E-state index contributed by atoms with van der Waals surface area (Å²) in [5, 5.41) is 16.6. The third-order valence-electron chi connectivity index (χ3n) is 2.43. The van der Waals surface area contributed by atoms with E-state index in [0.29, 0.717) is 12.5 Å². The van der Waals surface area contributed by atoms with Crippen LogP contribution in [0.4, 0.5) is 24.5 Å². The Morgan fingerprint density at radius 3 is 2.57 bits per heavy atom. The summed E-state index contributed by atoms with van der Waals surface area (Å²) in [6.45, 7) is 2.97. The minimum atomic E-state index is -4.54. The molecule has 6 nitrogen and oxygen atoms in total. The minimum Gasteiger partial charge on any atom is -0.484 e. The van der Waals surface area contributed by atoms with E-state index in [1.165, 1.54) is 6.07 Å². The lowest BCUT2D eigenvalue weighted by Crippen LogP contribution is -2.31. The quantitative estimate of drug-likeness (QED) is 0.464. The first-order valence-corrected chi connectivity index (χ1v) is 7.01. The maximum absolute atomic E-state index is 12.2. The van der Waals surface area contributed by atoms with E-state index in [2.05, 4.69) is 15.4 Å². The fourth-order valence-corrected chi connectivity index (χ4v) is 1.68. The van der Waals surface area contributed by atoms with Crippen LogP contribution in [0.5, 0.6) is 5.75 Å². The zero-order valence-corrected chi connectivity index (χ0v) is 13.3. The lowest BCUT2D eigenvalue weighted by molar-refractivity contribution is -0.384. The Balaban J connectivity index is 2.87. The Morgan fingerprint density at radius 1 is 1.39 bits per heavy atom. The maximum Gasteiger partial charge on any atom is 0.422 e. The number of alkyl halides is 3. The van der Waals surface area contributed by atoms with Gasteiger partial charge in [0.1, 0.15) is 5.75 Å². The van der Waals surface area contributed by atoms with Crippen LogP contribution in [0.1, 0.15) is 13.8 Å². The summed E-state index contributed by atoms with van der Waals surface area (Å²) in [5.41, 5.74) is -0.239. The molecule has 0 aliphatic carbocycles. The summed E-state index contributed by atoms with van der Waals surface area (Å²) >= 11 is 5.02. The highest BCUT2D eigenvalue weighted by molar-refractivity contribution is 7.80. The highest BCUT2D eigenvalue weighted by atomic mass is 32.1. The second-order valence-corrected chi connectivity index (χ2v) is 5.51. The van der Waals surface area contributed by atoms with Crippen molar-refractivity contribution < 1.29 is 22.8 Å². The predicted molar refractivity (Wildman–Crippen MR) is 83.7 cm³/mol. The number of halogens is 3. The summed E-state index contributed by atoms with van der Waals surface area (Å²) < 4.78 is 41.1. The predicted octanol–water partition coefficient (Wildman–Crippen LogP) is 3.48. The van der Waals surface area contributed by atoms with E-state index in [1.807, 2.05) is 13.8 Å². The van der Waals surface area contributed by atoms with Gasteiger partial charge in [-0.15, -0.1) is 0 Å². The van der Waals surface area contributed by atoms with Crippen LogP contribution in [0.25, 0.3) is 0 Å². The smallest absolute Gasteiger partial charge is 0.422 e. The van der Waals surface area contributed by atoms with Gasteiger partial charge < -0.3 is 15.4 Å². The van der Waals surface area contributed by atoms with Crippen molar-refractivity contribution in [2.24, 2.45) is 5.92 Å². The third kappa shape index (κ3) is 7.63. The molecule has 0 saturated carbocycles. The molecule has 0 amide bonds. The van der Waals surface area contributed by atoms with Crippen LogP contribution in [0.3, 0.4) is 0 Å². The third-order valence-corrected chi connectivity index (χ3v) is 2.68. The van der Waals surface area contributed by atoms with Crippen LogP contribution >= 0.6 is 12.2 Å². The first-order valence-electron chi connectivity index (χ1n) is 6.60. The van der Waals surface area contributed by atoms with E-state index in [1.54, 1.807) is 0 Å². The van der Waals surface area contributed by atoms with Crippen LogP contribution in [-0.4, -0.2) is 29.4 Å². The standard InChI is InChI=1S/C13H16F3N3O3S/c1-8(2)6-17-12(23)18-9-3-10(19(20)21)5-11(4-9)22-7-13(14,15)16/h3-5,8H,6-7H2,1-2H3,(H2,17,18,23). The molecule has 0 heterocycles. The van der Waals surface area contributed by atoms with Crippen molar-refractivity contribution in [3.63, 3.8) is 0 Å². The van der Waals surface area contributed by atoms with Gasteiger partial charge in [-0.3, -0.25) is 10.1 Å². The van der Waals surface area contributed by atoms with E-state index >= 15 is 0 Å². The van der Waals surface area contributed by atoms with Crippen LogP contribution in [0.2, 0.25) is 0 Å². The molecule has 0 bridgehead atoms. The molecule has 0 unspecified atom stereocenters. The number of rotatable bonds is 6. The van der Waals surface area contributed by atoms with Crippen molar-refractivity contribution in [3.8, 4) is 5.75 Å². The molecule has 0 aliphatic heterocycles. The molecule has 0 atom stereocenters. The topological polar surface area (TPSA) is 76.4 Å². The molecule has 1 aromatic carbocycles. The zero-order chi connectivity index (χ0) is 17.6. The largest absolute Gasteiger partial charge is 0.484 e. The summed E-state index contributed by atoms with van der Waals surface area (Å²) in [6.07, 6.45) is -4.54. The zero-order valence-electron chi connectivity index (χ0n) is 12.4. The van der Waals surface area contributed by atoms with Crippen molar-refractivity contribution >= 4 is 28.7 Å². The Labute approximate surface area is 136 Å². The van der Waals surface area contributed by atoms with Crippen molar-refractivity contribution in [3.05, 3.63) is 28.3 Å². The molecule has 2 N–H and O–H groups in total. The van der Waals surface area contributed by atoms with Gasteiger partial charge in [0.15, 0.2) is 11.7 Å². The number of hydrogen-bond acceptors (Lipinski definition) is 4. The molecule has 0 aliphatic rings. The van der Waals surface area contributed by atoms with Gasteiger partial charge in [0.25, 0.3) is 5.69 Å². The molecule has 0 aromatic heterocycles. The lowest BCUT2D eigenvalue weighted by Gasteiger charge is -2.14. The van der Waals surface area contributed by atoms with Gasteiger partial charge in [-0.1, -0.05) is 13.8 Å². The second kappa shape index (κ2) is 7.95. The van der Waals surface area contributed by atoms with E-state index < -0.39 is 23.4 Å². The van der Waals surface area contributed by atoms with Crippen LogP contribution in [0.15, 0.2) is 18.2 Å². The molecule has 0 spiro atoms. The van der Waals surface area contributed by atoms with Gasteiger partial charge in [-0.2, -0.15) is 13.2 Å². The van der Waals surface area contributed by atoms with Gasteiger partial charge in [0, 0.05) is 18.7 Å². The summed E-state index contributed by atoms with van der Waals surface area (Å²) in [5.74, 6) is 0.0521. The maximum atomic E-state index is 12.2. The number of benzene rings is 1. The van der Waals surface area contributed by atoms with Crippen molar-refractivity contribution in [2.45, 2.75) is 20.0 Å². The number of anilines is 1. The van der Waals surface area contributed by atoms with Crippen LogP contribution in [0, 0.1) is 16.0 Å². The van der Waals surface area contributed by atoms with Gasteiger partial charge >= 0.3 is 6.18 Å². The number of nitrogens with one attached hydrogen (secondary N) is 2. The number of nitro groups is 1. The Bertz CT molecular complexity index is 579. The second-order valence-electron chi connectivity index (χ2n) is 5.11. The highest BCUT2D eigenvalue weighted by Crippen LogP contribution is 2.27. The number of hydrogen-bond donors (Lipinski definition) is 2. The highest BCUT2D eigenvalue weighted by Gasteiger charge is 2.28. The normalized spacial score (nSPS) is 11.2. The van der Waals surface area contributed by atoms with E-state index in [-0.39, 0.29) is 16.5 Å². The first kappa shape index (κ1) is 18.9. The molecule has 0 fully saturated rings. The van der Waals surface area contributed by atoms with Crippen molar-refractivity contribution in [1.82, 2.24) is 5.32 Å². The Kier molecular flexibility index (Phi) is 6.55. The minimum absolute atomic E-state index is 0.164. The molecule has 23 heavy (non-hydrogen) atoms. The fourth-order valence-electron chi connectivity index (χ4n) is 1.48. The molecule has 128 valence electrons. The molecular formula is C13H16F3N3O3S. The van der Waals surface area contributed by atoms with Crippen LogP contribution in [-0.2, 0) is 0 Å². The SMILES string of the molecule is CC(C)CNC(=S)Nc1cc(OCC(F)(F)F)cc([N+](=O)[O-])c1. The number of non-ortho nitro benzene ring substituents is 1. The molecule has 10 heteroatoms. The van der Waals surface area contributed by atoms with Crippen molar-refractivity contribution in [1.29, 1.82) is 0 Å². The van der Waals surface area contributed by atoms with Gasteiger partial charge in [-0.25, -0.2) is 0 Å². The van der Waals surface area contributed by atoms with E-state index in [4.69, 9.17) is 12.2 Å². The molecule has 0 radical (unpaired) electrons. The van der Waals surface area contributed by atoms with Crippen LogP contribution < -0.4 is 15.4 Å².